The van der Waals surface area contributed by atoms with Crippen molar-refractivity contribution in [2.45, 2.75) is 19.9 Å². The minimum atomic E-state index is -0.746. The molecule has 1 aromatic heterocycles. The van der Waals surface area contributed by atoms with Crippen LogP contribution >= 0.6 is 0 Å². The number of carboxylic acid groups (broad SMARTS) is 1. The van der Waals surface area contributed by atoms with Gasteiger partial charge in [-0.05, 0) is 29.9 Å². The van der Waals surface area contributed by atoms with Crippen LogP contribution < -0.4 is 5.56 Å². The van der Waals surface area contributed by atoms with Crippen molar-refractivity contribution in [2.24, 2.45) is 11.8 Å². The van der Waals surface area contributed by atoms with E-state index in [1.165, 1.54) is 0 Å². The van der Waals surface area contributed by atoms with Crippen LogP contribution in [-0.4, -0.2) is 34.0 Å². The number of piperidine rings is 1. The maximum Gasteiger partial charge on any atom is 0.307 e. The fourth-order valence-electron chi connectivity index (χ4n) is 3.32. The Balaban J connectivity index is 1.84. The maximum atomic E-state index is 12.2. The number of rotatable bonds is 3. The van der Waals surface area contributed by atoms with Gasteiger partial charge in [0.15, 0.2) is 0 Å². The van der Waals surface area contributed by atoms with Gasteiger partial charge < -0.3 is 10.1 Å². The summed E-state index contributed by atoms with van der Waals surface area (Å²) in [6, 6.07) is 9.58. The number of aliphatic carboxylic acids is 1. The van der Waals surface area contributed by atoms with Crippen LogP contribution in [0, 0.1) is 11.8 Å². The summed E-state index contributed by atoms with van der Waals surface area (Å²) < 4.78 is 0. The van der Waals surface area contributed by atoms with Gasteiger partial charge in [0.1, 0.15) is 0 Å². The summed E-state index contributed by atoms with van der Waals surface area (Å²) in [5.74, 6) is -0.762. The van der Waals surface area contributed by atoms with E-state index in [-0.39, 0.29) is 11.5 Å². The number of hydrogen-bond donors (Lipinski definition) is 2. The third-order valence-electron chi connectivity index (χ3n) is 4.31. The van der Waals surface area contributed by atoms with Crippen LogP contribution in [0.5, 0.6) is 0 Å². The van der Waals surface area contributed by atoms with Crippen LogP contribution in [0.15, 0.2) is 35.1 Å². The van der Waals surface area contributed by atoms with Crippen LogP contribution in [0.3, 0.4) is 0 Å². The van der Waals surface area contributed by atoms with Crippen molar-refractivity contribution < 1.29 is 9.90 Å². The molecule has 0 unspecified atom stereocenters. The maximum absolute atomic E-state index is 12.2. The highest BCUT2D eigenvalue weighted by molar-refractivity contribution is 5.78. The summed E-state index contributed by atoms with van der Waals surface area (Å²) in [7, 11) is 0. The molecule has 2 heterocycles. The molecule has 1 saturated heterocycles. The largest absolute Gasteiger partial charge is 0.481 e. The summed E-state index contributed by atoms with van der Waals surface area (Å²) in [6.45, 7) is 3.89. The normalized spacial score (nSPS) is 22.8. The third kappa shape index (κ3) is 3.04. The molecule has 1 aliphatic heterocycles. The van der Waals surface area contributed by atoms with E-state index in [0.29, 0.717) is 31.0 Å². The molecule has 3 rings (SSSR count). The molecule has 2 aromatic rings. The number of pyridine rings is 1. The molecule has 0 amide bonds. The molecule has 1 aliphatic rings. The molecule has 0 spiro atoms. The zero-order valence-corrected chi connectivity index (χ0v) is 12.6. The van der Waals surface area contributed by atoms with E-state index in [4.69, 9.17) is 0 Å². The Morgan fingerprint density at radius 3 is 2.91 bits per heavy atom. The standard InChI is InChI=1S/C17H20N2O3/c1-11-6-14(17(21)22)10-19(8-11)9-13-7-12-4-2-3-5-15(12)18-16(13)20/h2-5,7,11,14H,6,8-10H2,1H3,(H,18,20)(H,21,22)/t11-,14-/m1/s1. The Morgan fingerprint density at radius 1 is 1.36 bits per heavy atom. The first kappa shape index (κ1) is 14.8. The van der Waals surface area contributed by atoms with E-state index in [2.05, 4.69) is 16.8 Å². The predicted octanol–water partition coefficient (Wildman–Crippen LogP) is 2.07. The second kappa shape index (κ2) is 5.93. The summed E-state index contributed by atoms with van der Waals surface area (Å²) >= 11 is 0. The Hall–Kier alpha value is -2.14. The number of nitrogens with zero attached hydrogens (tertiary/aromatic N) is 1. The second-order valence-electron chi connectivity index (χ2n) is 6.28. The van der Waals surface area contributed by atoms with Crippen LogP contribution in [0.2, 0.25) is 0 Å². The zero-order chi connectivity index (χ0) is 15.7. The first-order valence-corrected chi connectivity index (χ1v) is 7.59. The van der Waals surface area contributed by atoms with Crippen LogP contribution in [0.25, 0.3) is 10.9 Å². The lowest BCUT2D eigenvalue weighted by Gasteiger charge is -2.34. The second-order valence-corrected chi connectivity index (χ2v) is 6.28. The number of hydrogen-bond acceptors (Lipinski definition) is 3. The average molecular weight is 300 g/mol. The van der Waals surface area contributed by atoms with Crippen molar-refractivity contribution in [3.05, 3.63) is 46.2 Å². The van der Waals surface area contributed by atoms with Crippen molar-refractivity contribution in [1.82, 2.24) is 9.88 Å². The SMILES string of the molecule is C[C@@H]1C[C@@H](C(=O)O)CN(Cc2cc3ccccc3[nH]c2=O)C1. The van der Waals surface area contributed by atoms with Crippen molar-refractivity contribution in [2.75, 3.05) is 13.1 Å². The highest BCUT2D eigenvalue weighted by Crippen LogP contribution is 2.23. The lowest BCUT2D eigenvalue weighted by atomic mass is 9.90. The molecule has 0 bridgehead atoms. The number of H-pyrrole nitrogens is 1. The molecule has 2 atom stereocenters. The summed E-state index contributed by atoms with van der Waals surface area (Å²) in [5, 5.41) is 10.2. The van der Waals surface area contributed by atoms with Gasteiger partial charge in [-0.1, -0.05) is 25.1 Å². The summed E-state index contributed by atoms with van der Waals surface area (Å²) in [5.41, 5.74) is 1.42. The van der Waals surface area contributed by atoms with E-state index < -0.39 is 5.97 Å². The van der Waals surface area contributed by atoms with Gasteiger partial charge in [0.05, 0.1) is 5.92 Å². The minimum absolute atomic E-state index is 0.0937. The molecule has 0 aliphatic carbocycles. The minimum Gasteiger partial charge on any atom is -0.481 e. The number of aromatic nitrogens is 1. The van der Waals surface area contributed by atoms with E-state index in [1.54, 1.807) is 0 Å². The molecule has 5 nitrogen and oxygen atoms in total. The van der Waals surface area contributed by atoms with Crippen molar-refractivity contribution in [1.29, 1.82) is 0 Å². The molecule has 5 heteroatoms. The fourth-order valence-corrected chi connectivity index (χ4v) is 3.32. The monoisotopic (exact) mass is 300 g/mol. The van der Waals surface area contributed by atoms with Crippen molar-refractivity contribution in [3.8, 4) is 0 Å². The van der Waals surface area contributed by atoms with E-state index in [0.717, 1.165) is 17.4 Å². The number of benzene rings is 1. The highest BCUT2D eigenvalue weighted by atomic mass is 16.4. The van der Waals surface area contributed by atoms with E-state index in [9.17, 15) is 14.7 Å². The van der Waals surface area contributed by atoms with Gasteiger partial charge in [-0.15, -0.1) is 0 Å². The van der Waals surface area contributed by atoms with Crippen LogP contribution in [0.4, 0.5) is 0 Å². The Labute approximate surface area is 128 Å². The summed E-state index contributed by atoms with van der Waals surface area (Å²) in [4.78, 5) is 28.4. The quantitative estimate of drug-likeness (QED) is 0.910. The van der Waals surface area contributed by atoms with Gasteiger partial charge in [0, 0.05) is 30.7 Å². The van der Waals surface area contributed by atoms with Crippen molar-refractivity contribution in [3.63, 3.8) is 0 Å². The zero-order valence-electron chi connectivity index (χ0n) is 12.6. The van der Waals surface area contributed by atoms with Crippen LogP contribution in [-0.2, 0) is 11.3 Å². The van der Waals surface area contributed by atoms with Gasteiger partial charge in [-0.2, -0.15) is 0 Å². The molecule has 1 aromatic carbocycles. The Morgan fingerprint density at radius 2 is 2.14 bits per heavy atom. The van der Waals surface area contributed by atoms with Gasteiger partial charge in [-0.25, -0.2) is 0 Å². The Bertz CT molecular complexity index is 753. The number of para-hydroxylation sites is 1. The number of carbonyl (C=O) groups is 1. The average Bonchev–Trinajstić information content (AvgIpc) is 2.47. The molecule has 2 N–H and O–H groups in total. The molecular weight excluding hydrogens is 280 g/mol. The molecule has 22 heavy (non-hydrogen) atoms. The molecular formula is C17H20N2O3. The number of likely N-dealkylation sites (tertiary alicyclic amines) is 1. The highest BCUT2D eigenvalue weighted by Gasteiger charge is 2.29. The molecule has 116 valence electrons. The van der Waals surface area contributed by atoms with Gasteiger partial charge >= 0.3 is 5.97 Å². The number of aromatic amines is 1. The van der Waals surface area contributed by atoms with Gasteiger partial charge in [0.2, 0.25) is 0 Å². The number of fused-ring (bicyclic) bond motifs is 1. The summed E-state index contributed by atoms with van der Waals surface area (Å²) in [6.07, 6.45) is 0.708. The molecule has 0 saturated carbocycles. The topological polar surface area (TPSA) is 73.4 Å². The fraction of sp³-hybridized carbons (Fsp3) is 0.412. The number of carboxylic acids is 1. The Kier molecular flexibility index (Phi) is 3.98. The lowest BCUT2D eigenvalue weighted by Crippen LogP contribution is -2.42. The van der Waals surface area contributed by atoms with Gasteiger partial charge in [-0.3, -0.25) is 14.5 Å². The van der Waals surface area contributed by atoms with Crippen LogP contribution in [0.1, 0.15) is 18.9 Å². The number of nitrogens with one attached hydrogen (secondary N) is 1. The van der Waals surface area contributed by atoms with E-state index in [1.807, 2.05) is 30.3 Å². The van der Waals surface area contributed by atoms with Crippen molar-refractivity contribution >= 4 is 16.9 Å². The van der Waals surface area contributed by atoms with Gasteiger partial charge in [0.25, 0.3) is 5.56 Å². The third-order valence-corrected chi connectivity index (χ3v) is 4.31. The smallest absolute Gasteiger partial charge is 0.307 e. The lowest BCUT2D eigenvalue weighted by molar-refractivity contribution is -0.144. The first-order valence-electron chi connectivity index (χ1n) is 7.59. The van der Waals surface area contributed by atoms with E-state index >= 15 is 0 Å². The molecule has 1 fully saturated rings. The predicted molar refractivity (Wildman–Crippen MR) is 84.8 cm³/mol. The molecule has 0 radical (unpaired) electrons. The first-order chi connectivity index (χ1) is 10.5.